The van der Waals surface area contributed by atoms with Crippen LogP contribution in [0.15, 0.2) is 24.3 Å². The third-order valence-corrected chi connectivity index (χ3v) is 32.5. The largest absolute Gasteiger partial charge is 0.0651 e. The second kappa shape index (κ2) is 25.9. The molecule has 0 heteroatoms. The Morgan fingerprint density at radius 1 is 0.313 bits per heavy atom. The lowest BCUT2D eigenvalue weighted by Gasteiger charge is -2.53. The Morgan fingerprint density at radius 3 is 1.30 bits per heavy atom. The van der Waals surface area contributed by atoms with E-state index in [2.05, 4.69) is 100 Å². The van der Waals surface area contributed by atoms with Crippen molar-refractivity contribution in [1.29, 1.82) is 0 Å². The molecule has 2 aromatic rings. The van der Waals surface area contributed by atoms with Crippen LogP contribution in [-0.2, 0) is 19.3 Å². The maximum atomic E-state index is 2.65. The number of fused-ring (bicyclic) bond motifs is 14. The summed E-state index contributed by atoms with van der Waals surface area (Å²) in [6.07, 6.45) is 50.2. The summed E-state index contributed by atoms with van der Waals surface area (Å²) in [5.41, 5.74) is 6.31. The summed E-state index contributed by atoms with van der Waals surface area (Å²) < 4.78 is 0. The molecule has 0 N–H and O–H groups in total. The lowest BCUT2D eigenvalue weighted by atomic mass is 9.52. The van der Waals surface area contributed by atoms with Crippen LogP contribution in [-0.4, -0.2) is 0 Å². The van der Waals surface area contributed by atoms with Gasteiger partial charge in [0.05, 0.1) is 0 Å². The number of rotatable bonds is 4. The van der Waals surface area contributed by atoms with Gasteiger partial charge in [0.25, 0.3) is 0 Å². The molecule has 464 valence electrons. The molecule has 14 aliphatic rings. The van der Waals surface area contributed by atoms with E-state index < -0.39 is 0 Å². The molecule has 0 radical (unpaired) electrons. The molecule has 14 aliphatic carbocycles. The van der Waals surface area contributed by atoms with Crippen LogP contribution in [0.1, 0.15) is 284 Å². The third-order valence-electron chi connectivity index (χ3n) is 32.5. The van der Waals surface area contributed by atoms with Gasteiger partial charge in [0, 0.05) is 0 Å². The zero-order chi connectivity index (χ0) is 57.4. The first-order chi connectivity index (χ1) is 40.3. The molecule has 0 nitrogen and oxygen atoms in total. The minimum Gasteiger partial charge on any atom is -0.0651 e. The molecular formula is C83H132. The Hall–Kier alpha value is -1.30. The van der Waals surface area contributed by atoms with Gasteiger partial charge in [0.1, 0.15) is 0 Å². The van der Waals surface area contributed by atoms with Crippen LogP contribution in [0.25, 0.3) is 10.8 Å². The molecule has 13 saturated carbocycles. The fraction of sp³-hybridized carbons (Fsp3) is 0.880. The highest BCUT2D eigenvalue weighted by Crippen LogP contribution is 2.66. The van der Waals surface area contributed by atoms with E-state index in [0.29, 0.717) is 0 Å². The van der Waals surface area contributed by atoms with Crippen LogP contribution in [0.5, 0.6) is 0 Å². The second-order valence-electron chi connectivity index (χ2n) is 34.9. The van der Waals surface area contributed by atoms with E-state index in [4.69, 9.17) is 0 Å². The Kier molecular flexibility index (Phi) is 18.9. The topological polar surface area (TPSA) is 0 Å². The van der Waals surface area contributed by atoms with Crippen molar-refractivity contribution in [2.24, 2.45) is 172 Å². The standard InChI is InChI=1S/2C21H36.C21H26.C20H34/c1-4-15-9-17-11-18-10-16-7-5-6-8-19(16)14(3)21(18)12-20(17)13(15)2;1-4-15-9-10-18-19(13(15)2)12-20-14(3)17-8-6-5-7-16(17)11-21(18)20;1-3-15-8-9-18-12-19-10-16-6-4-5-7-17(16)11-20(19)13-21(18)14(15)2;1-4-14-9-19-17(12(14)2)11-18-13(3)16-8-6-5-7-15(16)10-20(18)19/h2*13-21H,4-12H2,1-3H3;8-9,12-13,16-17H,3-7,10-11H2,1-2H3;12-20H,4-11H2,1-3H3/t13?,14?,15?,16-,17?,18?,19+,20?,21?;13?,14?,15?,16-,17+,18?,19?,20?,21?;16-,17+;12?,13?,14?,15-,16+,17?,18?,19?,20?/m1111/s1. The van der Waals surface area contributed by atoms with Crippen molar-refractivity contribution in [2.75, 3.05) is 0 Å². The summed E-state index contributed by atoms with van der Waals surface area (Å²) in [6.45, 7) is 27.6. The monoisotopic (exact) mass is 1130 g/mol. The molecule has 0 heterocycles. The molecular weight excluding hydrogens is 997 g/mol. The Morgan fingerprint density at radius 2 is 0.723 bits per heavy atom. The van der Waals surface area contributed by atoms with Crippen molar-refractivity contribution >= 4 is 10.8 Å². The first kappa shape index (κ1) is 60.6. The average Bonchev–Trinajstić information content (AvgIpc) is 2.59. The summed E-state index contributed by atoms with van der Waals surface area (Å²) in [5.74, 6) is 31.4. The van der Waals surface area contributed by atoms with Gasteiger partial charge in [-0.2, -0.15) is 0 Å². The molecule has 0 bridgehead atoms. The maximum absolute atomic E-state index is 2.65. The average molecular weight is 1130 g/mol. The van der Waals surface area contributed by atoms with E-state index in [1.165, 1.54) is 118 Å². The van der Waals surface area contributed by atoms with Crippen LogP contribution in [0.2, 0.25) is 0 Å². The lowest BCUT2D eigenvalue weighted by Crippen LogP contribution is -2.45. The van der Waals surface area contributed by atoms with Gasteiger partial charge in [0.2, 0.25) is 0 Å². The molecule has 83 heavy (non-hydrogen) atoms. The Balaban J connectivity index is 0.000000104. The summed E-state index contributed by atoms with van der Waals surface area (Å²) in [5, 5.41) is 2.96. The number of benzene rings is 2. The molecule has 16 rings (SSSR count). The van der Waals surface area contributed by atoms with Crippen molar-refractivity contribution < 1.29 is 0 Å². The van der Waals surface area contributed by atoms with Crippen molar-refractivity contribution in [3.63, 3.8) is 0 Å². The van der Waals surface area contributed by atoms with Crippen LogP contribution < -0.4 is 0 Å². The molecule has 0 spiro atoms. The molecule has 13 fully saturated rings. The molecule has 2 aromatic carbocycles. The van der Waals surface area contributed by atoms with Crippen molar-refractivity contribution in [1.82, 2.24) is 0 Å². The lowest BCUT2D eigenvalue weighted by molar-refractivity contribution is -0.0339. The fourth-order valence-corrected chi connectivity index (χ4v) is 27.8. The SMILES string of the molecule is CCC1CC2C(CC3C2C[C@H]2CCCC[C@H]2C3C)C1C.CCC1CC2CC3C[C@H]4CCCC[C@H]4C(C)C3CC2C1C.CCC1CCC2C(CC3C2C[C@H]2CCCC[C@H]2C3C)C1C.CCc1ccc2cc3c(cc2c1C)C[C@@H]1CCCC[C@@H]1C3. The van der Waals surface area contributed by atoms with E-state index in [-0.39, 0.29) is 0 Å². The van der Waals surface area contributed by atoms with Gasteiger partial charge in [0.15, 0.2) is 0 Å². The molecule has 0 amide bonds. The summed E-state index contributed by atoms with van der Waals surface area (Å²) in [7, 11) is 0. The molecule has 0 aliphatic heterocycles. The number of hydrogen-bond acceptors (Lipinski definition) is 0. The minimum atomic E-state index is 0.971. The van der Waals surface area contributed by atoms with Crippen molar-refractivity contribution in [2.45, 2.75) is 288 Å². The fourth-order valence-electron chi connectivity index (χ4n) is 27.8. The Bertz CT molecular complexity index is 2430. The van der Waals surface area contributed by atoms with Gasteiger partial charge in [-0.3, -0.25) is 0 Å². The van der Waals surface area contributed by atoms with E-state index in [1.807, 2.05) is 0 Å². The van der Waals surface area contributed by atoms with E-state index in [9.17, 15) is 0 Å². The maximum Gasteiger partial charge on any atom is -0.0149 e. The van der Waals surface area contributed by atoms with Gasteiger partial charge in [-0.05, 0) is 334 Å². The van der Waals surface area contributed by atoms with Gasteiger partial charge < -0.3 is 0 Å². The van der Waals surface area contributed by atoms with Crippen LogP contribution >= 0.6 is 0 Å². The first-order valence-corrected chi connectivity index (χ1v) is 38.9. The minimum absolute atomic E-state index is 0.971. The summed E-state index contributed by atoms with van der Waals surface area (Å²) in [4.78, 5) is 0. The van der Waals surface area contributed by atoms with Gasteiger partial charge in [-0.15, -0.1) is 0 Å². The van der Waals surface area contributed by atoms with E-state index in [0.717, 1.165) is 178 Å². The first-order valence-electron chi connectivity index (χ1n) is 38.9. The molecule has 0 saturated heterocycles. The smallest absolute Gasteiger partial charge is 0.0149 e. The normalized spacial score (nSPS) is 48.8. The predicted molar refractivity (Wildman–Crippen MR) is 356 cm³/mol. The summed E-state index contributed by atoms with van der Waals surface area (Å²) in [6, 6.07) is 9.70. The van der Waals surface area contributed by atoms with E-state index >= 15 is 0 Å². The van der Waals surface area contributed by atoms with Gasteiger partial charge >= 0.3 is 0 Å². The third kappa shape index (κ3) is 11.5. The highest BCUT2D eigenvalue weighted by Gasteiger charge is 2.58. The van der Waals surface area contributed by atoms with Crippen LogP contribution in [0.4, 0.5) is 0 Å². The zero-order valence-corrected chi connectivity index (χ0v) is 56.4. The number of aryl methyl sites for hydroxylation is 2. The van der Waals surface area contributed by atoms with E-state index in [1.54, 1.807) is 120 Å². The van der Waals surface area contributed by atoms with Crippen LogP contribution in [0.3, 0.4) is 0 Å². The van der Waals surface area contributed by atoms with Crippen LogP contribution in [0, 0.1) is 179 Å². The predicted octanol–water partition coefficient (Wildman–Crippen LogP) is 23.7. The Labute approximate surface area is 514 Å². The van der Waals surface area contributed by atoms with Gasteiger partial charge in [-0.25, -0.2) is 0 Å². The zero-order valence-electron chi connectivity index (χ0n) is 56.4. The molecule has 21 unspecified atom stereocenters. The highest BCUT2D eigenvalue weighted by molar-refractivity contribution is 5.88. The number of hydrogen-bond donors (Lipinski definition) is 0. The second-order valence-corrected chi connectivity index (χ2v) is 34.9. The summed E-state index contributed by atoms with van der Waals surface area (Å²) >= 11 is 0. The highest BCUT2D eigenvalue weighted by atomic mass is 14.6. The molecule has 0 aromatic heterocycles. The van der Waals surface area contributed by atoms with Gasteiger partial charge in [-0.1, -0.05) is 183 Å². The van der Waals surface area contributed by atoms with Crippen molar-refractivity contribution in [3.8, 4) is 0 Å². The quantitative estimate of drug-likeness (QED) is 0.286. The molecule has 29 atom stereocenters. The van der Waals surface area contributed by atoms with Crippen molar-refractivity contribution in [3.05, 3.63) is 46.5 Å².